The maximum atomic E-state index is 12.2. The van der Waals surface area contributed by atoms with Crippen LogP contribution < -0.4 is 15.8 Å². The topological polar surface area (TPSA) is 73.6 Å². The van der Waals surface area contributed by atoms with Gasteiger partial charge in [0, 0.05) is 30.8 Å². The Morgan fingerprint density at radius 2 is 2.08 bits per heavy atom. The van der Waals surface area contributed by atoms with Gasteiger partial charge in [-0.05, 0) is 30.5 Å². The number of ether oxygens (including phenoxy) is 2. The van der Waals surface area contributed by atoms with Crippen molar-refractivity contribution in [3.8, 4) is 5.75 Å². The molecule has 1 heterocycles. The fourth-order valence-electron chi connectivity index (χ4n) is 2.86. The monoisotopic (exact) mass is 340 g/mol. The zero-order chi connectivity index (χ0) is 17.5. The van der Waals surface area contributed by atoms with Gasteiger partial charge in [0.2, 0.25) is 5.91 Å². The molecule has 2 unspecified atom stereocenters. The average Bonchev–Trinajstić information content (AvgIpc) is 3.14. The molecular formula is C20H24N2O3. The van der Waals surface area contributed by atoms with E-state index in [4.69, 9.17) is 15.2 Å². The second-order valence-corrected chi connectivity index (χ2v) is 6.24. The molecule has 0 spiro atoms. The van der Waals surface area contributed by atoms with Crippen molar-refractivity contribution in [2.45, 2.75) is 31.4 Å². The Kier molecular flexibility index (Phi) is 6.04. The summed E-state index contributed by atoms with van der Waals surface area (Å²) in [7, 11) is 0. The van der Waals surface area contributed by atoms with Gasteiger partial charge < -0.3 is 20.5 Å². The molecule has 0 bridgehead atoms. The summed E-state index contributed by atoms with van der Waals surface area (Å²) in [6.07, 6.45) is 2.52. The van der Waals surface area contributed by atoms with Gasteiger partial charge in [0.05, 0.1) is 6.10 Å². The Morgan fingerprint density at radius 3 is 2.84 bits per heavy atom. The van der Waals surface area contributed by atoms with Gasteiger partial charge in [-0.3, -0.25) is 4.79 Å². The molecule has 5 heteroatoms. The third-order valence-corrected chi connectivity index (χ3v) is 4.21. The number of nitrogens with two attached hydrogens (primary N) is 1. The van der Waals surface area contributed by atoms with E-state index in [1.54, 1.807) is 0 Å². The highest BCUT2D eigenvalue weighted by Crippen LogP contribution is 2.21. The number of carbonyl (C=O) groups is 1. The number of benzene rings is 2. The van der Waals surface area contributed by atoms with Crippen LogP contribution in [0, 0.1) is 0 Å². The van der Waals surface area contributed by atoms with Crippen LogP contribution in [-0.4, -0.2) is 25.2 Å². The van der Waals surface area contributed by atoms with E-state index in [0.717, 1.165) is 30.8 Å². The van der Waals surface area contributed by atoms with Gasteiger partial charge in [-0.15, -0.1) is 0 Å². The Balaban J connectivity index is 1.51. The minimum absolute atomic E-state index is 0.118. The van der Waals surface area contributed by atoms with Crippen molar-refractivity contribution in [1.29, 1.82) is 0 Å². The maximum absolute atomic E-state index is 12.2. The predicted octanol–water partition coefficient (Wildman–Crippen LogP) is 3.27. The van der Waals surface area contributed by atoms with E-state index in [9.17, 15) is 4.79 Å². The molecule has 1 aliphatic rings. The van der Waals surface area contributed by atoms with Crippen molar-refractivity contribution >= 4 is 11.6 Å². The molecule has 5 nitrogen and oxygen atoms in total. The summed E-state index contributed by atoms with van der Waals surface area (Å²) in [5.74, 6) is 0.605. The molecule has 132 valence electrons. The van der Waals surface area contributed by atoms with Crippen molar-refractivity contribution in [3.05, 3.63) is 60.2 Å². The van der Waals surface area contributed by atoms with Crippen LogP contribution in [0.4, 0.5) is 5.69 Å². The first-order chi connectivity index (χ1) is 12.2. The van der Waals surface area contributed by atoms with Crippen LogP contribution in [0.1, 0.15) is 30.9 Å². The third-order valence-electron chi connectivity index (χ3n) is 4.21. The largest absolute Gasteiger partial charge is 0.491 e. The highest BCUT2D eigenvalue weighted by atomic mass is 16.5. The second-order valence-electron chi connectivity index (χ2n) is 6.24. The van der Waals surface area contributed by atoms with Crippen LogP contribution in [0.25, 0.3) is 0 Å². The SMILES string of the molecule is NC(CC(=O)Nc1cccc(OCC2CCCO2)c1)c1ccccc1. The molecule has 0 radical (unpaired) electrons. The first-order valence-electron chi connectivity index (χ1n) is 8.65. The van der Waals surface area contributed by atoms with E-state index in [0.29, 0.717) is 12.3 Å². The Bertz CT molecular complexity index is 684. The van der Waals surface area contributed by atoms with Crippen LogP contribution in [0.3, 0.4) is 0 Å². The van der Waals surface area contributed by atoms with Crippen molar-refractivity contribution in [2.75, 3.05) is 18.5 Å². The van der Waals surface area contributed by atoms with E-state index >= 15 is 0 Å². The number of hydrogen-bond acceptors (Lipinski definition) is 4. The van der Waals surface area contributed by atoms with Crippen LogP contribution in [0.5, 0.6) is 5.75 Å². The fraction of sp³-hybridized carbons (Fsp3) is 0.350. The minimum atomic E-state index is -0.319. The number of hydrogen-bond donors (Lipinski definition) is 2. The minimum Gasteiger partial charge on any atom is -0.491 e. The molecule has 0 saturated carbocycles. The lowest BCUT2D eigenvalue weighted by atomic mass is 10.0. The standard InChI is InChI=1S/C20H24N2O3/c21-19(15-6-2-1-3-7-15)13-20(23)22-16-8-4-9-17(12-16)25-14-18-10-5-11-24-18/h1-4,6-9,12,18-19H,5,10-11,13-14,21H2,(H,22,23). The predicted molar refractivity (Wildman–Crippen MR) is 97.5 cm³/mol. The van der Waals surface area contributed by atoms with Crippen molar-refractivity contribution in [2.24, 2.45) is 5.73 Å². The smallest absolute Gasteiger partial charge is 0.226 e. The number of carbonyl (C=O) groups excluding carboxylic acids is 1. The molecule has 1 amide bonds. The van der Waals surface area contributed by atoms with Gasteiger partial charge in [-0.25, -0.2) is 0 Å². The quantitative estimate of drug-likeness (QED) is 0.811. The summed E-state index contributed by atoms with van der Waals surface area (Å²) in [5, 5.41) is 2.88. The number of nitrogens with one attached hydrogen (secondary N) is 1. The Labute approximate surface area is 148 Å². The van der Waals surface area contributed by atoms with Crippen molar-refractivity contribution in [3.63, 3.8) is 0 Å². The first-order valence-corrected chi connectivity index (χ1v) is 8.65. The van der Waals surface area contributed by atoms with Crippen molar-refractivity contribution in [1.82, 2.24) is 0 Å². The molecular weight excluding hydrogens is 316 g/mol. The Morgan fingerprint density at radius 1 is 1.24 bits per heavy atom. The van der Waals surface area contributed by atoms with E-state index in [2.05, 4.69) is 5.32 Å². The van der Waals surface area contributed by atoms with Gasteiger partial charge in [0.15, 0.2) is 0 Å². The van der Waals surface area contributed by atoms with E-state index in [1.807, 2.05) is 54.6 Å². The van der Waals surface area contributed by atoms with Crippen molar-refractivity contribution < 1.29 is 14.3 Å². The number of anilines is 1. The zero-order valence-corrected chi connectivity index (χ0v) is 14.2. The lowest BCUT2D eigenvalue weighted by molar-refractivity contribution is -0.116. The van der Waals surface area contributed by atoms with E-state index in [1.165, 1.54) is 0 Å². The van der Waals surface area contributed by atoms with Crippen LogP contribution in [0.15, 0.2) is 54.6 Å². The molecule has 2 aromatic rings. The van der Waals surface area contributed by atoms with Gasteiger partial charge in [0.25, 0.3) is 0 Å². The summed E-state index contributed by atoms with van der Waals surface area (Å²) in [4.78, 5) is 12.2. The van der Waals surface area contributed by atoms with Crippen LogP contribution in [0.2, 0.25) is 0 Å². The molecule has 2 atom stereocenters. The average molecular weight is 340 g/mol. The zero-order valence-electron chi connectivity index (χ0n) is 14.2. The van der Waals surface area contributed by atoms with Gasteiger partial charge in [0.1, 0.15) is 12.4 Å². The van der Waals surface area contributed by atoms with Gasteiger partial charge >= 0.3 is 0 Å². The number of rotatable bonds is 7. The molecule has 25 heavy (non-hydrogen) atoms. The molecule has 0 aliphatic carbocycles. The summed E-state index contributed by atoms with van der Waals surface area (Å²) >= 11 is 0. The molecule has 1 aliphatic heterocycles. The lowest BCUT2D eigenvalue weighted by Gasteiger charge is -2.14. The van der Waals surface area contributed by atoms with E-state index < -0.39 is 0 Å². The number of amides is 1. The third kappa shape index (κ3) is 5.31. The molecule has 1 fully saturated rings. The highest BCUT2D eigenvalue weighted by Gasteiger charge is 2.16. The summed E-state index contributed by atoms with van der Waals surface area (Å²) in [6, 6.07) is 16.7. The van der Waals surface area contributed by atoms with Gasteiger partial charge in [-0.1, -0.05) is 36.4 Å². The lowest BCUT2D eigenvalue weighted by Crippen LogP contribution is -2.20. The highest BCUT2D eigenvalue weighted by molar-refractivity contribution is 5.91. The van der Waals surface area contributed by atoms with Crippen LogP contribution >= 0.6 is 0 Å². The molecule has 1 saturated heterocycles. The molecule has 3 N–H and O–H groups in total. The molecule has 2 aromatic carbocycles. The Hall–Kier alpha value is -2.37. The van der Waals surface area contributed by atoms with Gasteiger partial charge in [-0.2, -0.15) is 0 Å². The summed E-state index contributed by atoms with van der Waals surface area (Å²) in [5.41, 5.74) is 7.75. The normalized spacial score (nSPS) is 17.9. The van der Waals surface area contributed by atoms with Crippen LogP contribution in [-0.2, 0) is 9.53 Å². The first kappa shape index (κ1) is 17.5. The molecule has 0 aromatic heterocycles. The fourth-order valence-corrected chi connectivity index (χ4v) is 2.86. The molecule has 3 rings (SSSR count). The maximum Gasteiger partial charge on any atom is 0.226 e. The van der Waals surface area contributed by atoms with E-state index in [-0.39, 0.29) is 24.5 Å². The summed E-state index contributed by atoms with van der Waals surface area (Å²) < 4.78 is 11.3. The second kappa shape index (κ2) is 8.65. The summed E-state index contributed by atoms with van der Waals surface area (Å²) in [6.45, 7) is 1.35.